The van der Waals surface area contributed by atoms with Crippen LogP contribution >= 0.6 is 0 Å². The number of ketones is 1. The number of ether oxygens (including phenoxy) is 6. The molecule has 0 radical (unpaired) electrons. The molecule has 0 bridgehead atoms. The molecule has 0 spiro atoms. The summed E-state index contributed by atoms with van der Waals surface area (Å²) in [7, 11) is 4.46. The van der Waals surface area contributed by atoms with Crippen LogP contribution in [0.1, 0.15) is 22.8 Å². The van der Waals surface area contributed by atoms with E-state index in [9.17, 15) is 9.59 Å². The van der Waals surface area contributed by atoms with Crippen molar-refractivity contribution in [2.45, 2.75) is 6.92 Å². The van der Waals surface area contributed by atoms with Crippen LogP contribution in [-0.2, 0) is 4.79 Å². The molecule has 2 aromatic carbocycles. The van der Waals surface area contributed by atoms with Crippen molar-refractivity contribution in [1.29, 1.82) is 0 Å². The second kappa shape index (κ2) is 8.55. The van der Waals surface area contributed by atoms with Gasteiger partial charge in [-0.2, -0.15) is 0 Å². The molecule has 0 saturated carbocycles. The smallest absolute Gasteiger partial charge is 0.308 e. The second-order valence-corrected chi connectivity index (χ2v) is 5.92. The van der Waals surface area contributed by atoms with Gasteiger partial charge in [-0.3, -0.25) is 9.59 Å². The number of hydrogen-bond donors (Lipinski definition) is 0. The summed E-state index contributed by atoms with van der Waals surface area (Å²) in [5.74, 6) is 1.46. The van der Waals surface area contributed by atoms with Crippen LogP contribution < -0.4 is 28.4 Å². The zero-order valence-corrected chi connectivity index (χ0v) is 16.4. The predicted molar refractivity (Wildman–Crippen MR) is 103 cm³/mol. The highest BCUT2D eigenvalue weighted by Gasteiger charge is 2.26. The molecule has 0 unspecified atom stereocenters. The average Bonchev–Trinajstić information content (AvgIpc) is 3.20. The van der Waals surface area contributed by atoms with Crippen molar-refractivity contribution in [3.05, 3.63) is 41.5 Å². The molecule has 0 fully saturated rings. The molecular formula is C21H20O8. The standard InChI is InChI=1S/C21H20O8/c1-12(22)29-17-9-13(6-8-16(17)24-2)15(23)7-5-14-10-18(25-3)20-21(19(14)26-4)28-11-27-20/h5-10H,11H2,1-4H3/b7-5+. The Kier molecular flexibility index (Phi) is 5.92. The topological polar surface area (TPSA) is 89.5 Å². The van der Waals surface area contributed by atoms with Gasteiger partial charge in [-0.05, 0) is 36.4 Å². The van der Waals surface area contributed by atoms with E-state index >= 15 is 0 Å². The number of benzene rings is 2. The molecule has 3 rings (SSSR count). The molecular weight excluding hydrogens is 380 g/mol. The monoisotopic (exact) mass is 400 g/mol. The van der Waals surface area contributed by atoms with E-state index in [1.165, 1.54) is 40.4 Å². The van der Waals surface area contributed by atoms with Gasteiger partial charge in [0.25, 0.3) is 0 Å². The fourth-order valence-electron chi connectivity index (χ4n) is 2.85. The Morgan fingerprint density at radius 2 is 1.66 bits per heavy atom. The molecule has 152 valence electrons. The first-order chi connectivity index (χ1) is 14.0. The summed E-state index contributed by atoms with van der Waals surface area (Å²) in [6.45, 7) is 1.33. The summed E-state index contributed by atoms with van der Waals surface area (Å²) in [6.07, 6.45) is 2.96. The van der Waals surface area contributed by atoms with Gasteiger partial charge in [0.05, 0.1) is 21.3 Å². The number of carbonyl (C=O) groups excluding carboxylic acids is 2. The van der Waals surface area contributed by atoms with E-state index in [2.05, 4.69) is 0 Å². The average molecular weight is 400 g/mol. The molecule has 2 aromatic rings. The number of allylic oxidation sites excluding steroid dienone is 1. The van der Waals surface area contributed by atoms with Crippen LogP contribution in [0.5, 0.6) is 34.5 Å². The van der Waals surface area contributed by atoms with E-state index in [0.717, 1.165) is 0 Å². The van der Waals surface area contributed by atoms with Crippen LogP contribution in [0.2, 0.25) is 0 Å². The normalized spacial score (nSPS) is 12.0. The highest BCUT2D eigenvalue weighted by atomic mass is 16.7. The number of rotatable bonds is 7. The third kappa shape index (κ3) is 4.11. The molecule has 0 amide bonds. The summed E-state index contributed by atoms with van der Waals surface area (Å²) in [4.78, 5) is 23.9. The Morgan fingerprint density at radius 3 is 2.31 bits per heavy atom. The van der Waals surface area contributed by atoms with Crippen LogP contribution in [0.25, 0.3) is 6.08 Å². The lowest BCUT2D eigenvalue weighted by Gasteiger charge is -2.11. The molecule has 1 aliphatic rings. The Bertz CT molecular complexity index is 977. The summed E-state index contributed by atoms with van der Waals surface area (Å²) < 4.78 is 31.9. The van der Waals surface area contributed by atoms with Gasteiger partial charge >= 0.3 is 5.97 Å². The molecule has 0 atom stereocenters. The lowest BCUT2D eigenvalue weighted by molar-refractivity contribution is -0.132. The summed E-state index contributed by atoms with van der Waals surface area (Å²) >= 11 is 0. The highest BCUT2D eigenvalue weighted by Crippen LogP contribution is 2.49. The highest BCUT2D eigenvalue weighted by molar-refractivity contribution is 6.07. The third-order valence-electron chi connectivity index (χ3n) is 4.13. The maximum absolute atomic E-state index is 12.6. The molecule has 1 aliphatic heterocycles. The van der Waals surface area contributed by atoms with Gasteiger partial charge < -0.3 is 28.4 Å². The number of hydrogen-bond acceptors (Lipinski definition) is 8. The summed E-state index contributed by atoms with van der Waals surface area (Å²) in [6, 6.07) is 6.28. The molecule has 29 heavy (non-hydrogen) atoms. The molecule has 8 heteroatoms. The van der Waals surface area contributed by atoms with E-state index < -0.39 is 5.97 Å². The SMILES string of the molecule is COc1ccc(C(=O)/C=C/c2cc(OC)c3c(c2OC)OCO3)cc1OC(C)=O. The molecule has 0 saturated heterocycles. The van der Waals surface area contributed by atoms with E-state index in [-0.39, 0.29) is 18.3 Å². The van der Waals surface area contributed by atoms with Crippen LogP contribution in [0.3, 0.4) is 0 Å². The van der Waals surface area contributed by atoms with Crippen molar-refractivity contribution in [2.75, 3.05) is 28.1 Å². The Labute approximate surface area is 167 Å². The lowest BCUT2D eigenvalue weighted by atomic mass is 10.1. The largest absolute Gasteiger partial charge is 0.493 e. The van der Waals surface area contributed by atoms with Crippen molar-refractivity contribution in [1.82, 2.24) is 0 Å². The van der Waals surface area contributed by atoms with Gasteiger partial charge in [0.15, 0.2) is 28.8 Å². The van der Waals surface area contributed by atoms with Crippen molar-refractivity contribution >= 4 is 17.8 Å². The van der Waals surface area contributed by atoms with E-state index in [0.29, 0.717) is 39.9 Å². The number of fused-ring (bicyclic) bond motifs is 1. The van der Waals surface area contributed by atoms with Crippen LogP contribution in [0, 0.1) is 0 Å². The minimum atomic E-state index is -0.513. The second-order valence-electron chi connectivity index (χ2n) is 5.92. The molecule has 1 heterocycles. The van der Waals surface area contributed by atoms with Crippen LogP contribution in [0.15, 0.2) is 30.3 Å². The minimum absolute atomic E-state index is 0.0545. The zero-order valence-electron chi connectivity index (χ0n) is 16.4. The van der Waals surface area contributed by atoms with Crippen molar-refractivity contribution in [2.24, 2.45) is 0 Å². The Balaban J connectivity index is 1.92. The zero-order chi connectivity index (χ0) is 21.0. The fourth-order valence-corrected chi connectivity index (χ4v) is 2.85. The minimum Gasteiger partial charge on any atom is -0.493 e. The van der Waals surface area contributed by atoms with Crippen molar-refractivity contribution < 1.29 is 38.0 Å². The van der Waals surface area contributed by atoms with Gasteiger partial charge in [-0.1, -0.05) is 0 Å². The van der Waals surface area contributed by atoms with Crippen LogP contribution in [0.4, 0.5) is 0 Å². The first-order valence-electron chi connectivity index (χ1n) is 8.62. The van der Waals surface area contributed by atoms with E-state index in [1.54, 1.807) is 24.3 Å². The summed E-state index contributed by atoms with van der Waals surface area (Å²) in [5.41, 5.74) is 0.903. The van der Waals surface area contributed by atoms with Crippen LogP contribution in [-0.4, -0.2) is 39.9 Å². The maximum atomic E-state index is 12.6. The van der Waals surface area contributed by atoms with Gasteiger partial charge in [-0.15, -0.1) is 0 Å². The number of carbonyl (C=O) groups is 2. The van der Waals surface area contributed by atoms with Gasteiger partial charge in [0.2, 0.25) is 18.3 Å². The first-order valence-corrected chi connectivity index (χ1v) is 8.62. The van der Waals surface area contributed by atoms with Gasteiger partial charge in [0, 0.05) is 18.1 Å². The fraction of sp³-hybridized carbons (Fsp3) is 0.238. The van der Waals surface area contributed by atoms with Gasteiger partial charge in [0.1, 0.15) is 0 Å². The number of methoxy groups -OCH3 is 3. The van der Waals surface area contributed by atoms with E-state index in [1.807, 2.05) is 0 Å². The predicted octanol–water partition coefficient (Wildman–Crippen LogP) is 3.26. The number of esters is 1. The van der Waals surface area contributed by atoms with E-state index in [4.69, 9.17) is 28.4 Å². The first kappa shape index (κ1) is 20.1. The quantitative estimate of drug-likeness (QED) is 0.303. The van der Waals surface area contributed by atoms with Crippen molar-refractivity contribution in [3.8, 4) is 34.5 Å². The summed E-state index contributed by atoms with van der Waals surface area (Å²) in [5, 5.41) is 0. The third-order valence-corrected chi connectivity index (χ3v) is 4.13. The maximum Gasteiger partial charge on any atom is 0.308 e. The molecule has 0 aliphatic carbocycles. The molecule has 0 N–H and O–H groups in total. The Hall–Kier alpha value is -3.68. The van der Waals surface area contributed by atoms with Gasteiger partial charge in [-0.25, -0.2) is 0 Å². The molecule has 8 nitrogen and oxygen atoms in total. The lowest BCUT2D eigenvalue weighted by Crippen LogP contribution is -2.04. The van der Waals surface area contributed by atoms with Crippen molar-refractivity contribution in [3.63, 3.8) is 0 Å². The Morgan fingerprint density at radius 1 is 0.931 bits per heavy atom. The molecule has 0 aromatic heterocycles.